The number of carbonyl (C=O) groups is 2. The molecule has 4 aliphatic carbocycles. The van der Waals surface area contributed by atoms with Gasteiger partial charge in [0, 0.05) is 46.3 Å². The van der Waals surface area contributed by atoms with E-state index in [1.54, 1.807) is 0 Å². The number of hydrogen-bond acceptors (Lipinski definition) is 16. The molecule has 0 unspecified atom stereocenters. The molecule has 16 nitrogen and oxygen atoms in total. The highest BCUT2D eigenvalue weighted by Gasteiger charge is 2.71. The van der Waals surface area contributed by atoms with Gasteiger partial charge in [-0.15, -0.1) is 0 Å². The van der Waals surface area contributed by atoms with Gasteiger partial charge in [0.25, 0.3) is 0 Å². The molecule has 2 heterocycles. The lowest BCUT2D eigenvalue weighted by molar-refractivity contribution is -0.314. The van der Waals surface area contributed by atoms with Gasteiger partial charge in [-0.05, 0) is 79.4 Å². The predicted molar refractivity (Wildman–Crippen MR) is 208 cm³/mol. The first-order valence-corrected chi connectivity index (χ1v) is 21.8. The smallest absolute Gasteiger partial charge is 0.303 e. The maximum atomic E-state index is 12.7. The van der Waals surface area contributed by atoms with Gasteiger partial charge in [-0.3, -0.25) is 9.59 Å². The number of methoxy groups -OCH3 is 2. The zero-order valence-corrected chi connectivity index (χ0v) is 36.3. The van der Waals surface area contributed by atoms with Crippen molar-refractivity contribution in [1.29, 1.82) is 0 Å². The molecule has 16 heteroatoms. The Balaban J connectivity index is 1.16. The summed E-state index contributed by atoms with van der Waals surface area (Å²) in [4.78, 5) is 23.7. The maximum Gasteiger partial charge on any atom is 0.303 e. The zero-order valence-electron chi connectivity index (χ0n) is 36.3. The molecule has 6 fully saturated rings. The van der Waals surface area contributed by atoms with E-state index in [0.29, 0.717) is 38.5 Å². The minimum Gasteiger partial charge on any atom is -0.463 e. The fourth-order valence-electron chi connectivity index (χ4n) is 13.0. The second-order valence-electron chi connectivity index (χ2n) is 19.5. The molecule has 4 saturated carbocycles. The van der Waals surface area contributed by atoms with Crippen LogP contribution in [0, 0.1) is 46.3 Å². The van der Waals surface area contributed by atoms with Crippen molar-refractivity contribution in [2.24, 2.45) is 46.3 Å². The molecular formula is C43H72O16. The molecular weight excluding hydrogens is 772 g/mol. The van der Waals surface area contributed by atoms with Crippen molar-refractivity contribution >= 4 is 11.9 Å². The molecule has 0 aromatic rings. The van der Waals surface area contributed by atoms with Crippen LogP contribution in [0.25, 0.3) is 0 Å². The summed E-state index contributed by atoms with van der Waals surface area (Å²) in [5.41, 5.74) is -2.34. The lowest BCUT2D eigenvalue weighted by Gasteiger charge is -2.66. The maximum absolute atomic E-state index is 12.7. The molecule has 59 heavy (non-hydrogen) atoms. The van der Waals surface area contributed by atoms with E-state index in [-0.39, 0.29) is 49.4 Å². The van der Waals surface area contributed by atoms with Crippen LogP contribution < -0.4 is 0 Å². The largest absolute Gasteiger partial charge is 0.463 e. The van der Waals surface area contributed by atoms with Crippen molar-refractivity contribution in [3.8, 4) is 0 Å². The summed E-state index contributed by atoms with van der Waals surface area (Å²) in [5.74, 6) is -2.16. The summed E-state index contributed by atoms with van der Waals surface area (Å²) >= 11 is 0. The SMILES string of the molecule is CO[C@H]1[C@H](O[C@H]2[C@H](O[C@@H](CC[C@@H](C)[C@H]3C[C@@H](O)[C@@H]4[C@]3(C)CC[C@@H]3[C@@]5(C)CC[C@H](O)[C@H](O)[C@@H]5[C@@H](O)C[C@]34O)C(C)C)O[C@@H](COC(C)=O)[C@@H]2O)OC[C@@H](OC)[C@@H]1OC(C)=O. The molecule has 6 N–H and O–H groups in total. The molecule has 0 amide bonds. The fraction of sp³-hybridized carbons (Fsp3) is 0.953. The predicted octanol–water partition coefficient (Wildman–Crippen LogP) is 1.84. The van der Waals surface area contributed by atoms with Crippen LogP contribution in [0.3, 0.4) is 0 Å². The van der Waals surface area contributed by atoms with Crippen LogP contribution in [0.5, 0.6) is 0 Å². The number of fused-ring (bicyclic) bond motifs is 5. The van der Waals surface area contributed by atoms with E-state index in [4.69, 9.17) is 37.9 Å². The summed E-state index contributed by atoms with van der Waals surface area (Å²) < 4.78 is 47.2. The molecule has 0 aromatic heterocycles. The van der Waals surface area contributed by atoms with Crippen molar-refractivity contribution in [3.05, 3.63) is 0 Å². The number of aliphatic hydroxyl groups is 6. The fourth-order valence-corrected chi connectivity index (χ4v) is 13.0. The third kappa shape index (κ3) is 8.73. The van der Waals surface area contributed by atoms with Crippen LogP contribution >= 0.6 is 0 Å². The van der Waals surface area contributed by atoms with Gasteiger partial charge in [-0.25, -0.2) is 0 Å². The molecule has 0 aromatic carbocycles. The molecule has 6 rings (SSSR count). The van der Waals surface area contributed by atoms with Crippen molar-refractivity contribution < 1.29 is 78.1 Å². The Bertz CT molecular complexity index is 1450. The first kappa shape index (κ1) is 47.0. The average Bonchev–Trinajstić information content (AvgIpc) is 3.61. The third-order valence-corrected chi connectivity index (χ3v) is 15.7. The highest BCUT2D eigenvalue weighted by molar-refractivity contribution is 5.66. The second kappa shape index (κ2) is 18.3. The highest BCUT2D eigenvalue weighted by atomic mass is 16.8. The third-order valence-electron chi connectivity index (χ3n) is 15.7. The van der Waals surface area contributed by atoms with Crippen LogP contribution in [-0.4, -0.2) is 155 Å². The van der Waals surface area contributed by atoms with E-state index in [0.717, 1.165) is 6.42 Å². The quantitative estimate of drug-likeness (QED) is 0.137. The Kier molecular flexibility index (Phi) is 14.5. The molecule has 340 valence electrons. The van der Waals surface area contributed by atoms with Gasteiger partial charge < -0.3 is 68.5 Å². The van der Waals surface area contributed by atoms with E-state index >= 15 is 0 Å². The average molecular weight is 845 g/mol. The number of esters is 2. The van der Waals surface area contributed by atoms with Gasteiger partial charge >= 0.3 is 11.9 Å². The topological polar surface area (TPSA) is 229 Å². The van der Waals surface area contributed by atoms with E-state index in [1.807, 2.05) is 20.8 Å². The van der Waals surface area contributed by atoms with Crippen molar-refractivity contribution in [3.63, 3.8) is 0 Å². The molecule has 0 spiro atoms. The van der Waals surface area contributed by atoms with E-state index in [1.165, 1.54) is 28.1 Å². The lowest BCUT2D eigenvalue weighted by atomic mass is 9.41. The Morgan fingerprint density at radius 1 is 0.814 bits per heavy atom. The van der Waals surface area contributed by atoms with E-state index in [2.05, 4.69) is 13.8 Å². The summed E-state index contributed by atoms with van der Waals surface area (Å²) in [6.45, 7) is 12.8. The van der Waals surface area contributed by atoms with Gasteiger partial charge in [0.2, 0.25) is 0 Å². The van der Waals surface area contributed by atoms with Gasteiger partial charge in [-0.1, -0.05) is 34.6 Å². The number of hydrogen-bond donors (Lipinski definition) is 6. The summed E-state index contributed by atoms with van der Waals surface area (Å²) in [6.07, 6.45) is -7.85. The van der Waals surface area contributed by atoms with Crippen LogP contribution in [-0.2, 0) is 47.5 Å². The summed E-state index contributed by atoms with van der Waals surface area (Å²) in [6, 6.07) is 0. The van der Waals surface area contributed by atoms with Gasteiger partial charge in [-0.2, -0.15) is 0 Å². The summed E-state index contributed by atoms with van der Waals surface area (Å²) in [7, 11) is 2.89. The van der Waals surface area contributed by atoms with Crippen molar-refractivity contribution in [2.45, 2.75) is 185 Å². The summed E-state index contributed by atoms with van der Waals surface area (Å²) in [5, 5.41) is 69.2. The molecule has 0 radical (unpaired) electrons. The number of ether oxygens (including phenoxy) is 8. The second-order valence-corrected chi connectivity index (χ2v) is 19.5. The van der Waals surface area contributed by atoms with Crippen LogP contribution in [0.15, 0.2) is 0 Å². The lowest BCUT2D eigenvalue weighted by Crippen LogP contribution is -2.70. The first-order valence-electron chi connectivity index (χ1n) is 21.8. The van der Waals surface area contributed by atoms with Crippen molar-refractivity contribution in [2.75, 3.05) is 27.4 Å². The number of rotatable bonds is 14. The number of aliphatic hydroxyl groups excluding tert-OH is 5. The Labute approximate surface area is 348 Å². The van der Waals surface area contributed by atoms with Gasteiger partial charge in [0.1, 0.15) is 37.1 Å². The van der Waals surface area contributed by atoms with E-state index in [9.17, 15) is 40.2 Å². The van der Waals surface area contributed by atoms with Crippen LogP contribution in [0.2, 0.25) is 0 Å². The monoisotopic (exact) mass is 844 g/mol. The van der Waals surface area contributed by atoms with Crippen LogP contribution in [0.1, 0.15) is 99.8 Å². The zero-order chi connectivity index (χ0) is 43.4. The highest BCUT2D eigenvalue weighted by Crippen LogP contribution is 2.70. The standard InChI is InChI=1S/C43H72O16/c1-20(2)28(57-40-36(34(50)29(58-40)18-54-22(4)44)59-39-37(53-9)35(56-23(5)45)30(52-8)19-55-39)11-10-21(3)24-16-26(47)38-41(24,6)15-13-31-42(7)14-12-25(46)33(49)32(42)27(48)17-43(31,38)51/h20-21,24-40,46-51H,10-19H2,1-9H3/t21-,24-,25+,26-,27+,28+,29+,30-,31-,32+,33+,34+,35+,36-,37-,38-,39+,40-,41-,42-,43+/m1/s1. The molecule has 6 aliphatic rings. The molecule has 2 aliphatic heterocycles. The molecule has 21 atom stereocenters. The molecule has 2 saturated heterocycles. The minimum atomic E-state index is -1.33. The van der Waals surface area contributed by atoms with E-state index < -0.39 is 114 Å². The first-order chi connectivity index (χ1) is 27.7. The Morgan fingerprint density at radius 2 is 1.51 bits per heavy atom. The Morgan fingerprint density at radius 3 is 2.14 bits per heavy atom. The van der Waals surface area contributed by atoms with Gasteiger partial charge in [0.05, 0.1) is 42.7 Å². The minimum absolute atomic E-state index is 0.00000615. The van der Waals surface area contributed by atoms with Crippen molar-refractivity contribution in [1.82, 2.24) is 0 Å². The van der Waals surface area contributed by atoms with Crippen LogP contribution in [0.4, 0.5) is 0 Å². The Hall–Kier alpha value is -1.54. The normalized spacial score (nSPS) is 48.1. The molecule has 0 bridgehead atoms. The number of carbonyl (C=O) groups excluding carboxylic acids is 2. The van der Waals surface area contributed by atoms with Gasteiger partial charge in [0.15, 0.2) is 18.7 Å².